The lowest BCUT2D eigenvalue weighted by Gasteiger charge is -2.31. The Morgan fingerprint density at radius 2 is 1.98 bits per heavy atom. The molecule has 10 nitrogen and oxygen atoms in total. The SMILES string of the molecule is CCc1ncsc1Cn1c(CN2CCC(c3cccc(OCc4nc5c(F)cc(C#N)cc5s4)n3)CC2)nc2ccc(C(=O)O)cc21. The normalized spacial score (nSPS) is 14.1. The molecule has 47 heavy (non-hydrogen) atoms. The lowest BCUT2D eigenvalue weighted by Crippen LogP contribution is -2.33. The van der Waals surface area contributed by atoms with E-state index < -0.39 is 11.8 Å². The largest absolute Gasteiger partial charge is 0.478 e. The lowest BCUT2D eigenvalue weighted by atomic mass is 9.93. The predicted octanol–water partition coefficient (Wildman–Crippen LogP) is 6.78. The first-order valence-electron chi connectivity index (χ1n) is 15.3. The van der Waals surface area contributed by atoms with Crippen molar-refractivity contribution in [2.45, 2.75) is 51.8 Å². The van der Waals surface area contributed by atoms with Gasteiger partial charge in [0.2, 0.25) is 5.88 Å². The second kappa shape index (κ2) is 13.2. The summed E-state index contributed by atoms with van der Waals surface area (Å²) in [6.45, 7) is 5.23. The van der Waals surface area contributed by atoms with Crippen molar-refractivity contribution in [3.05, 3.63) is 98.1 Å². The summed E-state index contributed by atoms with van der Waals surface area (Å²) in [6, 6.07) is 15.7. The number of rotatable bonds is 10. The fourth-order valence-electron chi connectivity index (χ4n) is 6.08. The molecule has 1 fully saturated rings. The second-order valence-corrected chi connectivity index (χ2v) is 13.5. The molecule has 0 aliphatic carbocycles. The molecule has 1 aliphatic heterocycles. The van der Waals surface area contributed by atoms with E-state index in [1.54, 1.807) is 35.6 Å². The van der Waals surface area contributed by atoms with E-state index in [2.05, 4.69) is 26.4 Å². The summed E-state index contributed by atoms with van der Waals surface area (Å²) in [6.07, 6.45) is 2.68. The number of nitrogens with zero attached hydrogens (tertiary/aromatic N) is 7. The van der Waals surface area contributed by atoms with E-state index in [0.717, 1.165) is 65.5 Å². The van der Waals surface area contributed by atoms with E-state index in [-0.39, 0.29) is 29.2 Å². The molecule has 0 unspecified atom stereocenters. The zero-order chi connectivity index (χ0) is 32.5. The van der Waals surface area contributed by atoms with Crippen LogP contribution in [0.5, 0.6) is 5.88 Å². The maximum atomic E-state index is 14.3. The molecule has 0 saturated carbocycles. The Balaban J connectivity index is 1.03. The number of nitriles is 1. The smallest absolute Gasteiger partial charge is 0.335 e. The number of carbonyl (C=O) groups is 1. The summed E-state index contributed by atoms with van der Waals surface area (Å²) < 4.78 is 23.1. The number of carboxylic acid groups (broad SMARTS) is 1. The summed E-state index contributed by atoms with van der Waals surface area (Å²) in [5.74, 6) is 0.204. The van der Waals surface area contributed by atoms with E-state index in [1.807, 2.05) is 29.8 Å². The molecule has 0 radical (unpaired) electrons. The molecular formula is C34H30FN7O3S2. The third-order valence-corrected chi connectivity index (χ3v) is 10.4. The summed E-state index contributed by atoms with van der Waals surface area (Å²) in [4.78, 5) is 33.9. The molecule has 238 valence electrons. The maximum Gasteiger partial charge on any atom is 0.335 e. The van der Waals surface area contributed by atoms with Gasteiger partial charge in [-0.25, -0.2) is 29.1 Å². The minimum atomic E-state index is -0.958. The van der Waals surface area contributed by atoms with Gasteiger partial charge in [0.25, 0.3) is 0 Å². The third-order valence-electron chi connectivity index (χ3n) is 8.52. The lowest BCUT2D eigenvalue weighted by molar-refractivity contribution is 0.0697. The Labute approximate surface area is 277 Å². The van der Waals surface area contributed by atoms with Gasteiger partial charge in [0, 0.05) is 22.6 Å². The molecule has 0 amide bonds. The average Bonchev–Trinajstić information content (AvgIpc) is 3.81. The number of aromatic nitrogens is 5. The Morgan fingerprint density at radius 3 is 2.77 bits per heavy atom. The van der Waals surface area contributed by atoms with Gasteiger partial charge in [-0.05, 0) is 68.8 Å². The number of likely N-dealkylation sites (tertiary alicyclic amines) is 1. The number of hydrogen-bond acceptors (Lipinski definition) is 10. The first-order valence-corrected chi connectivity index (χ1v) is 17.0. The van der Waals surface area contributed by atoms with Crippen LogP contribution in [0.3, 0.4) is 0 Å². The summed E-state index contributed by atoms with van der Waals surface area (Å²) in [7, 11) is 0. The van der Waals surface area contributed by atoms with Gasteiger partial charge >= 0.3 is 5.97 Å². The van der Waals surface area contributed by atoms with Gasteiger partial charge in [0.05, 0.1) is 57.2 Å². The van der Waals surface area contributed by atoms with Crippen molar-refractivity contribution in [3.63, 3.8) is 0 Å². The van der Waals surface area contributed by atoms with E-state index in [0.29, 0.717) is 28.7 Å². The van der Waals surface area contributed by atoms with Crippen molar-refractivity contribution in [1.82, 2.24) is 29.4 Å². The highest BCUT2D eigenvalue weighted by atomic mass is 32.1. The van der Waals surface area contributed by atoms with Crippen molar-refractivity contribution >= 4 is 49.9 Å². The van der Waals surface area contributed by atoms with Crippen LogP contribution in [0.1, 0.15) is 68.7 Å². The molecular weight excluding hydrogens is 638 g/mol. The van der Waals surface area contributed by atoms with Crippen molar-refractivity contribution in [3.8, 4) is 11.9 Å². The Morgan fingerprint density at radius 1 is 1.13 bits per heavy atom. The molecule has 4 aromatic heterocycles. The van der Waals surface area contributed by atoms with E-state index >= 15 is 0 Å². The molecule has 1 aliphatic rings. The highest BCUT2D eigenvalue weighted by molar-refractivity contribution is 7.18. The first-order chi connectivity index (χ1) is 22.9. The minimum absolute atomic E-state index is 0.159. The number of aryl methyl sites for hydroxylation is 1. The van der Waals surface area contributed by atoms with Crippen LogP contribution in [0, 0.1) is 17.1 Å². The van der Waals surface area contributed by atoms with Crippen LogP contribution in [0.15, 0.2) is 54.0 Å². The van der Waals surface area contributed by atoms with Gasteiger partial charge in [-0.1, -0.05) is 13.0 Å². The number of fused-ring (bicyclic) bond motifs is 2. The average molecular weight is 668 g/mol. The standard InChI is InChI=1S/C34H30FN7O3S2/c1-2-24-29(46-19-37-24)16-42-27-14-22(34(43)44)6-7-26(27)38-30(42)17-41-10-8-21(9-11-41)25-4-3-5-31(39-25)45-18-32-40-33-23(35)12-20(15-36)13-28(33)47-32/h3-7,12-14,19,21H,2,8-11,16-18H2,1H3,(H,43,44). The number of carboxylic acids is 1. The summed E-state index contributed by atoms with van der Waals surface area (Å²) in [5, 5.41) is 19.4. The topological polar surface area (TPSA) is 130 Å². The number of aromatic carboxylic acids is 1. The van der Waals surface area contributed by atoms with E-state index in [1.165, 1.54) is 17.4 Å². The monoisotopic (exact) mass is 667 g/mol. The van der Waals surface area contributed by atoms with Crippen LogP contribution in [0.25, 0.3) is 21.3 Å². The van der Waals surface area contributed by atoms with E-state index in [4.69, 9.17) is 20.0 Å². The molecule has 1 saturated heterocycles. The molecule has 7 rings (SSSR count). The number of benzene rings is 2. The van der Waals surface area contributed by atoms with Crippen molar-refractivity contribution in [2.24, 2.45) is 0 Å². The van der Waals surface area contributed by atoms with Crippen molar-refractivity contribution < 1.29 is 19.0 Å². The Kier molecular flexibility index (Phi) is 8.64. The molecule has 5 heterocycles. The summed E-state index contributed by atoms with van der Waals surface area (Å²) in [5.41, 5.74) is 6.25. The van der Waals surface area contributed by atoms with Gasteiger partial charge in [-0.15, -0.1) is 22.7 Å². The van der Waals surface area contributed by atoms with Crippen LogP contribution in [0.2, 0.25) is 0 Å². The van der Waals surface area contributed by atoms with Crippen molar-refractivity contribution in [1.29, 1.82) is 5.26 Å². The molecule has 0 spiro atoms. The van der Waals surface area contributed by atoms with Crippen molar-refractivity contribution in [2.75, 3.05) is 13.1 Å². The number of halogens is 1. The van der Waals surface area contributed by atoms with Crippen LogP contribution < -0.4 is 4.74 Å². The molecule has 0 atom stereocenters. The van der Waals surface area contributed by atoms with Gasteiger partial charge in [-0.2, -0.15) is 5.26 Å². The number of hydrogen-bond donors (Lipinski definition) is 1. The Bertz CT molecular complexity index is 2140. The molecule has 6 aromatic rings. The van der Waals surface area contributed by atoms with E-state index in [9.17, 15) is 14.3 Å². The maximum absolute atomic E-state index is 14.3. The molecule has 13 heteroatoms. The van der Waals surface area contributed by atoms with Crippen LogP contribution in [-0.4, -0.2) is 53.6 Å². The van der Waals surface area contributed by atoms with Gasteiger partial charge in [0.15, 0.2) is 5.82 Å². The number of ether oxygens (including phenoxy) is 1. The molecule has 0 bridgehead atoms. The highest BCUT2D eigenvalue weighted by Gasteiger charge is 2.25. The minimum Gasteiger partial charge on any atom is -0.478 e. The molecule has 1 N–H and O–H groups in total. The quantitative estimate of drug-likeness (QED) is 0.168. The first kappa shape index (κ1) is 30.9. The fourth-order valence-corrected chi connectivity index (χ4v) is 7.86. The molecule has 2 aromatic carbocycles. The van der Waals surface area contributed by atoms with Gasteiger partial charge in [0.1, 0.15) is 23.0 Å². The van der Waals surface area contributed by atoms with Gasteiger partial charge in [-0.3, -0.25) is 4.90 Å². The number of thiazole rings is 2. The predicted molar refractivity (Wildman–Crippen MR) is 177 cm³/mol. The third kappa shape index (κ3) is 6.44. The summed E-state index contributed by atoms with van der Waals surface area (Å²) >= 11 is 2.92. The van der Waals surface area contributed by atoms with Crippen LogP contribution in [0.4, 0.5) is 4.39 Å². The zero-order valence-corrected chi connectivity index (χ0v) is 27.2. The van der Waals surface area contributed by atoms with Gasteiger partial charge < -0.3 is 14.4 Å². The number of piperidine rings is 1. The fraction of sp³-hybridized carbons (Fsp3) is 0.294. The second-order valence-electron chi connectivity index (χ2n) is 11.5. The number of pyridine rings is 1. The van der Waals surface area contributed by atoms with Crippen LogP contribution >= 0.6 is 22.7 Å². The zero-order valence-electron chi connectivity index (χ0n) is 25.5. The Hall–Kier alpha value is -4.77. The highest BCUT2D eigenvalue weighted by Crippen LogP contribution is 2.31. The number of imidazole rings is 1. The van der Waals surface area contributed by atoms with Crippen LogP contribution in [-0.2, 0) is 26.1 Å².